The number of hydrogen-bond donors (Lipinski definition) is 3. The van der Waals surface area contributed by atoms with Crippen LogP contribution in [0, 0.1) is 5.82 Å². The van der Waals surface area contributed by atoms with Crippen LogP contribution in [-0.2, 0) is 6.54 Å². The van der Waals surface area contributed by atoms with Crippen molar-refractivity contribution >= 4 is 11.6 Å². The Morgan fingerprint density at radius 3 is 2.47 bits per heavy atom. The molecule has 3 nitrogen and oxygen atoms in total. The number of aliphatic hydroxyl groups is 2. The summed E-state index contributed by atoms with van der Waals surface area (Å²) in [6.45, 7) is 1.68. The van der Waals surface area contributed by atoms with Crippen molar-refractivity contribution < 1.29 is 14.6 Å². The van der Waals surface area contributed by atoms with Crippen molar-refractivity contribution in [1.82, 2.24) is 5.32 Å². The zero-order valence-electron chi connectivity index (χ0n) is 9.71. The SMILES string of the molecule is CCC(CO)(CO)NCc1ccc(Cl)cc1F. The highest BCUT2D eigenvalue weighted by molar-refractivity contribution is 6.30. The summed E-state index contributed by atoms with van der Waals surface area (Å²) in [6, 6.07) is 4.43. The molecule has 1 aromatic rings. The van der Waals surface area contributed by atoms with Crippen LogP contribution in [0.2, 0.25) is 5.02 Å². The Balaban J connectivity index is 2.72. The molecule has 0 amide bonds. The third-order valence-corrected chi connectivity index (χ3v) is 3.19. The fourth-order valence-electron chi connectivity index (χ4n) is 1.46. The maximum atomic E-state index is 13.5. The zero-order chi connectivity index (χ0) is 12.9. The molecule has 0 spiro atoms. The van der Waals surface area contributed by atoms with Crippen LogP contribution in [0.3, 0.4) is 0 Å². The number of aliphatic hydroxyl groups excluding tert-OH is 2. The number of halogens is 2. The number of nitrogens with one attached hydrogen (secondary N) is 1. The molecule has 0 aliphatic rings. The lowest BCUT2D eigenvalue weighted by atomic mass is 9.98. The fourth-order valence-corrected chi connectivity index (χ4v) is 1.62. The first-order valence-electron chi connectivity index (χ1n) is 5.47. The van der Waals surface area contributed by atoms with Gasteiger partial charge in [-0.3, -0.25) is 0 Å². The maximum absolute atomic E-state index is 13.5. The van der Waals surface area contributed by atoms with Crippen molar-refractivity contribution in [3.05, 3.63) is 34.6 Å². The summed E-state index contributed by atoms with van der Waals surface area (Å²) in [5.41, 5.74) is -0.319. The van der Waals surface area contributed by atoms with E-state index in [0.717, 1.165) is 0 Å². The maximum Gasteiger partial charge on any atom is 0.129 e. The molecule has 0 radical (unpaired) electrons. The number of benzene rings is 1. The minimum Gasteiger partial charge on any atom is -0.394 e. The highest BCUT2D eigenvalue weighted by Gasteiger charge is 2.25. The minimum absolute atomic E-state index is 0.199. The van der Waals surface area contributed by atoms with Gasteiger partial charge in [-0.05, 0) is 18.6 Å². The van der Waals surface area contributed by atoms with E-state index in [1.165, 1.54) is 6.07 Å². The average molecular weight is 262 g/mol. The lowest BCUT2D eigenvalue weighted by Crippen LogP contribution is -2.50. The molecule has 0 saturated heterocycles. The zero-order valence-corrected chi connectivity index (χ0v) is 10.5. The molecule has 0 aliphatic heterocycles. The Bertz CT molecular complexity index is 361. The molecule has 0 fully saturated rings. The second-order valence-corrected chi connectivity index (χ2v) is 4.48. The van der Waals surface area contributed by atoms with Gasteiger partial charge < -0.3 is 15.5 Å². The standard InChI is InChI=1S/C12H17ClFNO2/c1-2-12(7-16,8-17)15-6-9-3-4-10(13)5-11(9)14/h3-5,15-17H,2,6-8H2,1H3. The van der Waals surface area contributed by atoms with Gasteiger partial charge in [-0.1, -0.05) is 24.6 Å². The van der Waals surface area contributed by atoms with Gasteiger partial charge in [0.25, 0.3) is 0 Å². The molecule has 3 N–H and O–H groups in total. The molecule has 1 aromatic carbocycles. The molecule has 1 rings (SSSR count). The molecule has 0 unspecified atom stereocenters. The van der Waals surface area contributed by atoms with Gasteiger partial charge >= 0.3 is 0 Å². The van der Waals surface area contributed by atoms with E-state index in [9.17, 15) is 14.6 Å². The minimum atomic E-state index is -0.772. The Morgan fingerprint density at radius 1 is 1.35 bits per heavy atom. The van der Waals surface area contributed by atoms with Gasteiger partial charge in [-0.15, -0.1) is 0 Å². The third kappa shape index (κ3) is 3.64. The van der Waals surface area contributed by atoms with Crippen LogP contribution in [0.5, 0.6) is 0 Å². The molecular formula is C12H17ClFNO2. The van der Waals surface area contributed by atoms with Gasteiger partial charge in [0.05, 0.1) is 18.8 Å². The second-order valence-electron chi connectivity index (χ2n) is 4.04. The van der Waals surface area contributed by atoms with Crippen LogP contribution in [0.15, 0.2) is 18.2 Å². The molecule has 17 heavy (non-hydrogen) atoms. The van der Waals surface area contributed by atoms with Crippen LogP contribution in [-0.4, -0.2) is 29.0 Å². The first kappa shape index (κ1) is 14.4. The summed E-state index contributed by atoms with van der Waals surface area (Å²) in [5, 5.41) is 21.8. The first-order chi connectivity index (χ1) is 8.06. The van der Waals surface area contributed by atoms with Crippen molar-refractivity contribution in [2.75, 3.05) is 13.2 Å². The molecular weight excluding hydrogens is 245 g/mol. The second kappa shape index (κ2) is 6.31. The van der Waals surface area contributed by atoms with Gasteiger partial charge in [-0.25, -0.2) is 4.39 Å². The fraction of sp³-hybridized carbons (Fsp3) is 0.500. The Morgan fingerprint density at radius 2 is 2.00 bits per heavy atom. The summed E-state index contributed by atoms with van der Waals surface area (Å²) in [7, 11) is 0. The molecule has 0 bridgehead atoms. The van der Waals surface area contributed by atoms with Crippen LogP contribution < -0.4 is 5.32 Å². The number of rotatable bonds is 6. The smallest absolute Gasteiger partial charge is 0.129 e. The van der Waals surface area contributed by atoms with E-state index in [1.54, 1.807) is 12.1 Å². The summed E-state index contributed by atoms with van der Waals surface area (Å²) in [5.74, 6) is -0.397. The van der Waals surface area contributed by atoms with Gasteiger partial charge in [0.2, 0.25) is 0 Å². The third-order valence-electron chi connectivity index (χ3n) is 2.95. The summed E-state index contributed by atoms with van der Waals surface area (Å²) < 4.78 is 13.5. The Kier molecular flexibility index (Phi) is 5.33. The van der Waals surface area contributed by atoms with Crippen LogP contribution in [0.1, 0.15) is 18.9 Å². The molecule has 0 heterocycles. The van der Waals surface area contributed by atoms with Gasteiger partial charge in [0.1, 0.15) is 5.82 Å². The van der Waals surface area contributed by atoms with E-state index >= 15 is 0 Å². The molecule has 5 heteroatoms. The molecule has 0 aliphatic carbocycles. The highest BCUT2D eigenvalue weighted by atomic mass is 35.5. The van der Waals surface area contributed by atoms with Gasteiger partial charge in [0, 0.05) is 17.1 Å². The predicted molar refractivity (Wildman–Crippen MR) is 65.4 cm³/mol. The lowest BCUT2D eigenvalue weighted by Gasteiger charge is -2.30. The summed E-state index contributed by atoms with van der Waals surface area (Å²) in [6.07, 6.45) is 0.551. The van der Waals surface area contributed by atoms with Crippen molar-refractivity contribution in [3.63, 3.8) is 0 Å². The van der Waals surface area contributed by atoms with E-state index in [-0.39, 0.29) is 19.8 Å². The Labute approximate surface area is 105 Å². The average Bonchev–Trinajstić information content (AvgIpc) is 2.33. The van der Waals surface area contributed by atoms with E-state index in [0.29, 0.717) is 17.0 Å². The quantitative estimate of drug-likeness (QED) is 0.731. The van der Waals surface area contributed by atoms with Crippen molar-refractivity contribution in [2.45, 2.75) is 25.4 Å². The van der Waals surface area contributed by atoms with E-state index in [2.05, 4.69) is 5.32 Å². The van der Waals surface area contributed by atoms with E-state index in [1.807, 2.05) is 6.92 Å². The topological polar surface area (TPSA) is 52.5 Å². The highest BCUT2D eigenvalue weighted by Crippen LogP contribution is 2.16. The van der Waals surface area contributed by atoms with Crippen molar-refractivity contribution in [1.29, 1.82) is 0 Å². The normalized spacial score (nSPS) is 11.8. The number of hydrogen-bond acceptors (Lipinski definition) is 3. The van der Waals surface area contributed by atoms with E-state index in [4.69, 9.17) is 11.6 Å². The predicted octanol–water partition coefficient (Wildman–Crippen LogP) is 1.70. The van der Waals surface area contributed by atoms with Crippen molar-refractivity contribution in [2.24, 2.45) is 0 Å². The van der Waals surface area contributed by atoms with Gasteiger partial charge in [-0.2, -0.15) is 0 Å². The molecule has 0 aromatic heterocycles. The molecule has 96 valence electrons. The molecule has 0 saturated carbocycles. The lowest BCUT2D eigenvalue weighted by molar-refractivity contribution is 0.0861. The first-order valence-corrected chi connectivity index (χ1v) is 5.85. The Hall–Kier alpha value is -0.680. The largest absolute Gasteiger partial charge is 0.394 e. The van der Waals surface area contributed by atoms with Crippen molar-refractivity contribution in [3.8, 4) is 0 Å². The monoisotopic (exact) mass is 261 g/mol. The molecule has 0 atom stereocenters. The summed E-state index contributed by atoms with van der Waals surface area (Å²) in [4.78, 5) is 0. The summed E-state index contributed by atoms with van der Waals surface area (Å²) >= 11 is 5.65. The van der Waals surface area contributed by atoms with Crippen LogP contribution >= 0.6 is 11.6 Å². The van der Waals surface area contributed by atoms with Crippen LogP contribution in [0.25, 0.3) is 0 Å². The van der Waals surface area contributed by atoms with Crippen LogP contribution in [0.4, 0.5) is 4.39 Å². The van der Waals surface area contributed by atoms with E-state index < -0.39 is 11.4 Å². The van der Waals surface area contributed by atoms with Gasteiger partial charge in [0.15, 0.2) is 0 Å².